The van der Waals surface area contributed by atoms with Crippen molar-refractivity contribution in [1.29, 1.82) is 0 Å². The van der Waals surface area contributed by atoms with Gasteiger partial charge in [-0.3, -0.25) is 0 Å². The summed E-state index contributed by atoms with van der Waals surface area (Å²) >= 11 is 0. The molecule has 4 aliphatic rings. The molecule has 0 saturated carbocycles. The molecule has 9 aromatic carbocycles. The van der Waals surface area contributed by atoms with Crippen LogP contribution in [-0.2, 0) is 16.2 Å². The van der Waals surface area contributed by atoms with Gasteiger partial charge in [0.15, 0.2) is 0 Å². The van der Waals surface area contributed by atoms with E-state index >= 15 is 0 Å². The van der Waals surface area contributed by atoms with Crippen molar-refractivity contribution >= 4 is 17.1 Å². The normalized spacial score (nSPS) is 18.4. The molecule has 0 aliphatic heterocycles. The monoisotopic (exact) mass is 843 g/mol. The van der Waals surface area contributed by atoms with Crippen LogP contribution in [0, 0.1) is 5.92 Å². The topological polar surface area (TPSA) is 3.24 Å². The van der Waals surface area contributed by atoms with Gasteiger partial charge in [0.1, 0.15) is 0 Å². The van der Waals surface area contributed by atoms with Crippen molar-refractivity contribution in [3.8, 4) is 33.4 Å². The molecule has 0 radical (unpaired) electrons. The minimum absolute atomic E-state index is 0.161. The second-order valence-corrected chi connectivity index (χ2v) is 19.1. The summed E-state index contributed by atoms with van der Waals surface area (Å²) in [5, 5.41) is 0. The molecule has 2 unspecified atom stereocenters. The fraction of sp³-hybridized carbons (Fsp3) is 0.108. The summed E-state index contributed by atoms with van der Waals surface area (Å²) < 4.78 is 0. The summed E-state index contributed by atoms with van der Waals surface area (Å²) in [6, 6.07) is 82.7. The molecule has 0 aromatic heterocycles. The molecule has 2 atom stereocenters. The average Bonchev–Trinajstić information content (AvgIpc) is 3.94. The van der Waals surface area contributed by atoms with E-state index in [1.807, 2.05) is 0 Å². The first kappa shape index (κ1) is 38.7. The van der Waals surface area contributed by atoms with Crippen molar-refractivity contribution in [3.05, 3.63) is 293 Å². The number of fused-ring (bicyclic) bond motifs is 9. The van der Waals surface area contributed by atoms with E-state index in [1.165, 1.54) is 83.5 Å². The quantitative estimate of drug-likeness (QED) is 0.154. The summed E-state index contributed by atoms with van der Waals surface area (Å²) in [7, 11) is 0. The van der Waals surface area contributed by atoms with E-state index in [1.54, 1.807) is 0 Å². The summed E-state index contributed by atoms with van der Waals surface area (Å²) in [4.78, 5) is 2.55. The van der Waals surface area contributed by atoms with Crippen LogP contribution < -0.4 is 4.90 Å². The van der Waals surface area contributed by atoms with Crippen LogP contribution in [-0.4, -0.2) is 0 Å². The van der Waals surface area contributed by atoms with Gasteiger partial charge >= 0.3 is 0 Å². The fourth-order valence-corrected chi connectivity index (χ4v) is 12.8. The van der Waals surface area contributed by atoms with Crippen LogP contribution in [0.4, 0.5) is 17.1 Å². The smallest absolute Gasteiger partial charge is 0.0714 e. The Morgan fingerprint density at radius 2 is 0.788 bits per heavy atom. The van der Waals surface area contributed by atoms with Crippen LogP contribution in [0.5, 0.6) is 0 Å². The Morgan fingerprint density at radius 1 is 0.364 bits per heavy atom. The minimum Gasteiger partial charge on any atom is -0.310 e. The maximum absolute atomic E-state index is 2.55. The Bertz CT molecular complexity index is 3390. The van der Waals surface area contributed by atoms with Crippen LogP contribution >= 0.6 is 0 Å². The summed E-state index contributed by atoms with van der Waals surface area (Å²) in [5.74, 6) is 0.228. The molecule has 0 saturated heterocycles. The molecule has 1 nitrogen and oxygen atoms in total. The van der Waals surface area contributed by atoms with Crippen molar-refractivity contribution in [1.82, 2.24) is 0 Å². The first-order valence-corrected chi connectivity index (χ1v) is 23.5. The van der Waals surface area contributed by atoms with E-state index in [0.717, 1.165) is 23.5 Å². The molecule has 0 N–H and O–H groups in total. The van der Waals surface area contributed by atoms with Crippen LogP contribution in [0.15, 0.2) is 243 Å². The molecule has 0 spiro atoms. The zero-order valence-corrected chi connectivity index (χ0v) is 37.3. The number of allylic oxidation sites excluding steroid dienone is 4. The summed E-state index contributed by atoms with van der Waals surface area (Å²) in [6.45, 7) is 4.78. The molecule has 314 valence electrons. The number of anilines is 3. The third kappa shape index (κ3) is 5.29. The average molecular weight is 844 g/mol. The summed E-state index contributed by atoms with van der Waals surface area (Å²) in [6.07, 6.45) is 10.2. The van der Waals surface area contributed by atoms with E-state index in [2.05, 4.69) is 261 Å². The van der Waals surface area contributed by atoms with Crippen molar-refractivity contribution < 1.29 is 0 Å². The predicted octanol–water partition coefficient (Wildman–Crippen LogP) is 16.3. The second-order valence-electron chi connectivity index (χ2n) is 19.1. The molecule has 66 heavy (non-hydrogen) atoms. The van der Waals surface area contributed by atoms with Crippen molar-refractivity contribution in [2.45, 2.75) is 36.5 Å². The van der Waals surface area contributed by atoms with Gasteiger partial charge in [-0.05, 0) is 132 Å². The van der Waals surface area contributed by atoms with Crippen molar-refractivity contribution in [3.63, 3.8) is 0 Å². The van der Waals surface area contributed by atoms with Gasteiger partial charge in [0.25, 0.3) is 0 Å². The Balaban J connectivity index is 1.09. The molecule has 1 heteroatoms. The summed E-state index contributed by atoms with van der Waals surface area (Å²) in [5.41, 5.74) is 22.1. The van der Waals surface area contributed by atoms with Gasteiger partial charge in [-0.2, -0.15) is 0 Å². The van der Waals surface area contributed by atoms with Gasteiger partial charge in [-0.25, -0.2) is 0 Å². The molecule has 4 aliphatic carbocycles. The maximum Gasteiger partial charge on any atom is 0.0714 e. The van der Waals surface area contributed by atoms with Gasteiger partial charge in [0.2, 0.25) is 0 Å². The lowest BCUT2D eigenvalue weighted by atomic mass is 9.62. The number of hydrogen-bond donors (Lipinski definition) is 0. The number of nitrogens with zero attached hydrogens (tertiary/aromatic N) is 1. The lowest BCUT2D eigenvalue weighted by Crippen LogP contribution is -2.35. The van der Waals surface area contributed by atoms with Gasteiger partial charge in [-0.15, -0.1) is 0 Å². The maximum atomic E-state index is 2.55. The Hall–Kier alpha value is -7.74. The predicted molar refractivity (Wildman–Crippen MR) is 274 cm³/mol. The first-order chi connectivity index (χ1) is 32.5. The molecule has 0 amide bonds. The molecule has 0 fully saturated rings. The molecular formula is C65H49N. The van der Waals surface area contributed by atoms with E-state index in [4.69, 9.17) is 0 Å². The zero-order chi connectivity index (χ0) is 44.0. The highest BCUT2D eigenvalue weighted by molar-refractivity contribution is 5.93. The first-order valence-electron chi connectivity index (χ1n) is 23.5. The highest BCUT2D eigenvalue weighted by Crippen LogP contribution is 2.61. The van der Waals surface area contributed by atoms with E-state index in [9.17, 15) is 0 Å². The second kappa shape index (κ2) is 14.6. The van der Waals surface area contributed by atoms with Gasteiger partial charge in [-0.1, -0.05) is 220 Å². The van der Waals surface area contributed by atoms with Gasteiger partial charge < -0.3 is 4.90 Å². The molecule has 13 rings (SSSR count). The SMILES string of the molecule is CC1(C)c2ccccc2-c2ccc(N(c3ccc4c(c3)C(c3ccccc3)(c3ccccc3)c3ccccc3-4)c3ccc4c(c3)C(c3ccccc3)(C3C=CC=CC3)c3ccccc3-4)cc21. The Kier molecular flexibility index (Phi) is 8.58. The van der Waals surface area contributed by atoms with Crippen molar-refractivity contribution in [2.75, 3.05) is 4.90 Å². The highest BCUT2D eigenvalue weighted by Gasteiger charge is 2.50. The fourth-order valence-electron chi connectivity index (χ4n) is 12.8. The van der Waals surface area contributed by atoms with Gasteiger partial charge in [0, 0.05) is 22.5 Å². The molecule has 0 heterocycles. The van der Waals surface area contributed by atoms with Crippen LogP contribution in [0.2, 0.25) is 0 Å². The third-order valence-electron chi connectivity index (χ3n) is 15.6. The van der Waals surface area contributed by atoms with Crippen LogP contribution in [0.3, 0.4) is 0 Å². The van der Waals surface area contributed by atoms with Crippen LogP contribution in [0.1, 0.15) is 70.3 Å². The third-order valence-corrected chi connectivity index (χ3v) is 15.6. The largest absolute Gasteiger partial charge is 0.310 e. The zero-order valence-electron chi connectivity index (χ0n) is 37.3. The van der Waals surface area contributed by atoms with Crippen molar-refractivity contribution in [2.24, 2.45) is 5.92 Å². The lowest BCUT2D eigenvalue weighted by molar-refractivity contribution is 0.457. The standard InChI is InChI=1S/C65H49N/c1-63(2)57-32-18-15-29-51(57)54-38-35-48(41-60(54)63)66(49-36-39-55-52-30-16-19-33-58(52)64(61(55)42-49,44-21-7-3-8-22-44)45-23-9-4-10-24-45)50-37-40-56-53-31-17-20-34-59(53)65(62(56)43-50,46-25-11-5-12-26-46)47-27-13-6-14-28-47/h3-27,29-43,47H,28H2,1-2H3. The lowest BCUT2D eigenvalue weighted by Gasteiger charge is -2.40. The van der Waals surface area contributed by atoms with Crippen LogP contribution in [0.25, 0.3) is 33.4 Å². The minimum atomic E-state index is -0.527. The number of benzene rings is 9. The molecule has 0 bridgehead atoms. The Morgan fingerprint density at radius 3 is 1.36 bits per heavy atom. The number of rotatable bonds is 7. The molecule has 9 aromatic rings. The van der Waals surface area contributed by atoms with E-state index in [0.29, 0.717) is 0 Å². The van der Waals surface area contributed by atoms with E-state index in [-0.39, 0.29) is 11.3 Å². The van der Waals surface area contributed by atoms with E-state index < -0.39 is 10.8 Å². The Labute approximate surface area is 388 Å². The van der Waals surface area contributed by atoms with Gasteiger partial charge in [0.05, 0.1) is 10.8 Å². The number of hydrogen-bond acceptors (Lipinski definition) is 1. The highest BCUT2D eigenvalue weighted by atomic mass is 15.1. The molecular weight excluding hydrogens is 795 g/mol.